The molecule has 9 heteroatoms. The van der Waals surface area contributed by atoms with Gasteiger partial charge in [-0.1, -0.05) is 26.0 Å². The first kappa shape index (κ1) is 19.4. The third-order valence-corrected chi connectivity index (χ3v) is 3.53. The number of halogens is 2. The number of carbonyl (C=O) groups is 2. The summed E-state index contributed by atoms with van der Waals surface area (Å²) in [7, 11) is 0. The summed E-state index contributed by atoms with van der Waals surface area (Å²) in [4.78, 5) is 22.8. The van der Waals surface area contributed by atoms with Gasteiger partial charge in [0.25, 0.3) is 6.43 Å². The van der Waals surface area contributed by atoms with Crippen LogP contribution < -0.4 is 10.6 Å². The minimum atomic E-state index is -2.77. The number of nitrogens with one attached hydrogen (secondary N) is 2. The molecule has 140 valence electrons. The van der Waals surface area contributed by atoms with Gasteiger partial charge in [0.2, 0.25) is 0 Å². The van der Waals surface area contributed by atoms with Crippen molar-refractivity contribution in [3.05, 3.63) is 47.3 Å². The summed E-state index contributed by atoms with van der Waals surface area (Å²) in [5.74, 6) is -0.914. The maximum absolute atomic E-state index is 13.3. The van der Waals surface area contributed by atoms with Crippen molar-refractivity contribution in [2.45, 2.75) is 33.4 Å². The molecule has 1 aromatic heterocycles. The van der Waals surface area contributed by atoms with Crippen molar-refractivity contribution in [3.8, 4) is 0 Å². The molecule has 0 saturated carbocycles. The lowest BCUT2D eigenvalue weighted by Crippen LogP contribution is -2.28. The molecule has 0 aliphatic rings. The zero-order valence-corrected chi connectivity index (χ0v) is 14.4. The average molecular weight is 366 g/mol. The Balaban J connectivity index is 1.99. The molecule has 0 unspecified atom stereocenters. The maximum atomic E-state index is 13.3. The maximum Gasteiger partial charge on any atom is 0.335 e. The lowest BCUT2D eigenvalue weighted by atomic mass is 10.1. The molecule has 3 N–H and O–H groups in total. The van der Waals surface area contributed by atoms with Crippen LogP contribution in [0.3, 0.4) is 0 Å². The normalized spacial score (nSPS) is 11.0. The molecule has 7 nitrogen and oxygen atoms in total. The topological polar surface area (TPSA) is 96.3 Å². The number of aromatic nitrogens is 2. The summed E-state index contributed by atoms with van der Waals surface area (Å²) in [5.41, 5.74) is 0.436. The van der Waals surface area contributed by atoms with E-state index in [-0.39, 0.29) is 29.4 Å². The Labute approximate surface area is 149 Å². The fourth-order valence-corrected chi connectivity index (χ4v) is 2.33. The smallest absolute Gasteiger partial charge is 0.335 e. The number of nitrogens with zero attached hydrogens (tertiary/aromatic N) is 2. The highest BCUT2D eigenvalue weighted by molar-refractivity contribution is 5.90. The number of benzene rings is 1. The zero-order valence-electron chi connectivity index (χ0n) is 14.4. The predicted octanol–water partition coefficient (Wildman–Crippen LogP) is 3.50. The standard InChI is InChI=1S/C17H20F2N4O3/c1-10(2)9-23-14(15(18)19)13(8-21-23)22-17(26)20-7-11-3-5-12(6-4-11)16(24)25/h3-6,8,10,15H,7,9H2,1-2H3,(H,24,25)(H2,20,22,26). The van der Waals surface area contributed by atoms with Gasteiger partial charge in [-0.25, -0.2) is 18.4 Å². The van der Waals surface area contributed by atoms with E-state index in [0.29, 0.717) is 12.1 Å². The Morgan fingerprint density at radius 3 is 2.42 bits per heavy atom. The number of carbonyl (C=O) groups excluding carboxylic acids is 1. The quantitative estimate of drug-likeness (QED) is 0.699. The van der Waals surface area contributed by atoms with Crippen LogP contribution >= 0.6 is 0 Å². The van der Waals surface area contributed by atoms with Gasteiger partial charge in [0.15, 0.2) is 0 Å². The van der Waals surface area contributed by atoms with Crippen LogP contribution in [0, 0.1) is 5.92 Å². The summed E-state index contributed by atoms with van der Waals surface area (Å²) in [6.45, 7) is 4.20. The molecule has 0 fully saturated rings. The number of alkyl halides is 2. The van der Waals surface area contributed by atoms with Crippen molar-refractivity contribution < 1.29 is 23.5 Å². The van der Waals surface area contributed by atoms with Crippen molar-refractivity contribution >= 4 is 17.7 Å². The lowest BCUT2D eigenvalue weighted by molar-refractivity contribution is 0.0696. The van der Waals surface area contributed by atoms with Gasteiger partial charge in [0, 0.05) is 13.1 Å². The fraction of sp³-hybridized carbons (Fsp3) is 0.353. The second-order valence-electron chi connectivity index (χ2n) is 6.13. The summed E-state index contributed by atoms with van der Waals surface area (Å²) in [5, 5.41) is 17.7. The van der Waals surface area contributed by atoms with Gasteiger partial charge in [-0.05, 0) is 23.6 Å². The van der Waals surface area contributed by atoms with Gasteiger partial charge in [0.05, 0.1) is 17.4 Å². The van der Waals surface area contributed by atoms with Gasteiger partial charge < -0.3 is 15.7 Å². The minimum Gasteiger partial charge on any atom is -0.478 e. The molecular weight excluding hydrogens is 346 g/mol. The van der Waals surface area contributed by atoms with Crippen LogP contribution in [0.15, 0.2) is 30.5 Å². The highest BCUT2D eigenvalue weighted by Gasteiger charge is 2.21. The van der Waals surface area contributed by atoms with Crippen molar-refractivity contribution in [2.75, 3.05) is 5.32 Å². The monoisotopic (exact) mass is 366 g/mol. The first-order chi connectivity index (χ1) is 12.3. The summed E-state index contributed by atoms with van der Waals surface area (Å²) in [6, 6.07) is 5.31. The molecule has 0 radical (unpaired) electrons. The molecule has 2 aromatic rings. The zero-order chi connectivity index (χ0) is 19.3. The van der Waals surface area contributed by atoms with Crippen LogP contribution in [0.2, 0.25) is 0 Å². The average Bonchev–Trinajstić information content (AvgIpc) is 2.95. The molecule has 0 atom stereocenters. The Bertz CT molecular complexity index is 773. The van der Waals surface area contributed by atoms with Gasteiger partial charge in [0.1, 0.15) is 5.69 Å². The van der Waals surface area contributed by atoms with E-state index in [1.54, 1.807) is 12.1 Å². The van der Waals surface area contributed by atoms with Crippen LogP contribution in [-0.4, -0.2) is 26.9 Å². The van der Waals surface area contributed by atoms with E-state index in [2.05, 4.69) is 15.7 Å². The van der Waals surface area contributed by atoms with Gasteiger partial charge in [-0.3, -0.25) is 4.68 Å². The van der Waals surface area contributed by atoms with E-state index in [1.807, 2.05) is 13.8 Å². The molecule has 2 amide bonds. The summed E-state index contributed by atoms with van der Waals surface area (Å²) >= 11 is 0. The van der Waals surface area contributed by atoms with Crippen molar-refractivity contribution in [3.63, 3.8) is 0 Å². The summed E-state index contributed by atoms with van der Waals surface area (Å²) in [6.07, 6.45) is -1.57. The van der Waals surface area contributed by atoms with Crippen LogP contribution in [-0.2, 0) is 13.1 Å². The molecule has 0 aliphatic heterocycles. The van der Waals surface area contributed by atoms with Crippen LogP contribution in [0.25, 0.3) is 0 Å². The Morgan fingerprint density at radius 1 is 1.23 bits per heavy atom. The molecule has 0 spiro atoms. The first-order valence-corrected chi connectivity index (χ1v) is 7.99. The summed E-state index contributed by atoms with van der Waals surface area (Å²) < 4.78 is 27.8. The Kier molecular flexibility index (Phi) is 6.26. The molecule has 2 rings (SSSR count). The van der Waals surface area contributed by atoms with Crippen molar-refractivity contribution in [1.82, 2.24) is 15.1 Å². The van der Waals surface area contributed by atoms with E-state index in [4.69, 9.17) is 5.11 Å². The number of carboxylic acid groups (broad SMARTS) is 1. The number of hydrogen-bond acceptors (Lipinski definition) is 3. The third kappa shape index (κ3) is 5.01. The fourth-order valence-electron chi connectivity index (χ4n) is 2.33. The van der Waals surface area contributed by atoms with Crippen LogP contribution in [0.4, 0.5) is 19.3 Å². The van der Waals surface area contributed by atoms with Crippen molar-refractivity contribution in [2.24, 2.45) is 5.92 Å². The molecular formula is C17H20F2N4O3. The SMILES string of the molecule is CC(C)Cn1ncc(NC(=O)NCc2ccc(C(=O)O)cc2)c1C(F)F. The number of rotatable bonds is 7. The highest BCUT2D eigenvalue weighted by Crippen LogP contribution is 2.27. The molecule has 1 aromatic carbocycles. The van der Waals surface area contributed by atoms with E-state index in [1.165, 1.54) is 23.0 Å². The number of urea groups is 1. The third-order valence-electron chi connectivity index (χ3n) is 3.53. The lowest BCUT2D eigenvalue weighted by Gasteiger charge is -2.12. The number of aromatic carboxylic acids is 1. The largest absolute Gasteiger partial charge is 0.478 e. The van der Waals surface area contributed by atoms with E-state index in [9.17, 15) is 18.4 Å². The number of carboxylic acids is 1. The van der Waals surface area contributed by atoms with Gasteiger partial charge in [-0.2, -0.15) is 5.10 Å². The van der Waals surface area contributed by atoms with E-state index < -0.39 is 18.4 Å². The highest BCUT2D eigenvalue weighted by atomic mass is 19.3. The van der Waals surface area contributed by atoms with Crippen molar-refractivity contribution in [1.29, 1.82) is 0 Å². The molecule has 1 heterocycles. The van der Waals surface area contributed by atoms with E-state index >= 15 is 0 Å². The molecule has 0 bridgehead atoms. The second-order valence-corrected chi connectivity index (χ2v) is 6.13. The second kappa shape index (κ2) is 8.41. The minimum absolute atomic E-state index is 0.0422. The molecule has 0 saturated heterocycles. The molecule has 0 aliphatic carbocycles. The Hall–Kier alpha value is -2.97. The predicted molar refractivity (Wildman–Crippen MR) is 91.3 cm³/mol. The number of hydrogen-bond donors (Lipinski definition) is 3. The number of anilines is 1. The molecule has 26 heavy (non-hydrogen) atoms. The van der Waals surface area contributed by atoms with E-state index in [0.717, 1.165) is 0 Å². The number of amides is 2. The first-order valence-electron chi connectivity index (χ1n) is 7.99. The van der Waals surface area contributed by atoms with Crippen LogP contribution in [0.1, 0.15) is 41.9 Å². The van der Waals surface area contributed by atoms with Gasteiger partial charge >= 0.3 is 12.0 Å². The Morgan fingerprint density at radius 2 is 1.88 bits per heavy atom. The van der Waals surface area contributed by atoms with Gasteiger partial charge in [-0.15, -0.1) is 0 Å². The van der Waals surface area contributed by atoms with Crippen LogP contribution in [0.5, 0.6) is 0 Å².